The van der Waals surface area contributed by atoms with Gasteiger partial charge in [0, 0.05) is 5.57 Å². The predicted octanol–water partition coefficient (Wildman–Crippen LogP) is 5.43. The minimum absolute atomic E-state index is 0.0796. The first-order valence-electron chi connectivity index (χ1n) is 7.93. The molecule has 0 heterocycles. The molecule has 0 aromatic heterocycles. The lowest BCUT2D eigenvalue weighted by molar-refractivity contribution is 0.0629. The number of hydrogen-bond donors (Lipinski definition) is 0. The fourth-order valence-electron chi connectivity index (χ4n) is 2.16. The normalized spacial score (nSPS) is 13.3. The average Bonchev–Trinajstić information content (AvgIpc) is 2.65. The fraction of sp³-hybridized carbons (Fsp3) is 0.190. The quantitative estimate of drug-likeness (QED) is 0.404. The number of esters is 1. The van der Waals surface area contributed by atoms with Crippen molar-refractivity contribution < 1.29 is 14.3 Å². The maximum atomic E-state index is 12.1. The molecule has 0 aliphatic heterocycles. The number of allylic oxidation sites excluding steroid dienone is 2. The highest BCUT2D eigenvalue weighted by atomic mass is 16.5. The Bertz CT molecular complexity index is 715. The fourth-order valence-corrected chi connectivity index (χ4v) is 2.16. The summed E-state index contributed by atoms with van der Waals surface area (Å²) in [5.41, 5.74) is 2.36. The molecule has 2 aromatic rings. The van der Waals surface area contributed by atoms with Crippen molar-refractivity contribution in [2.24, 2.45) is 0 Å². The van der Waals surface area contributed by atoms with E-state index in [0.29, 0.717) is 11.3 Å². The smallest absolute Gasteiger partial charge is 0.343 e. The topological polar surface area (TPSA) is 35.5 Å². The summed E-state index contributed by atoms with van der Waals surface area (Å²) in [6.07, 6.45) is 3.30. The largest absolute Gasteiger partial charge is 0.493 e. The van der Waals surface area contributed by atoms with Crippen LogP contribution < -0.4 is 0 Å². The number of carbonyl (C=O) groups excluding carboxylic acids is 1. The van der Waals surface area contributed by atoms with E-state index in [1.165, 1.54) is 0 Å². The SMILES string of the molecule is C/C=C(OC(=O)c1ccccc1)\C(C)=C\O[C@@H](C)c1ccccc1. The second kappa shape index (κ2) is 8.73. The summed E-state index contributed by atoms with van der Waals surface area (Å²) in [6.45, 7) is 5.65. The molecule has 0 amide bonds. The van der Waals surface area contributed by atoms with Crippen molar-refractivity contribution in [1.82, 2.24) is 0 Å². The minimum atomic E-state index is -0.382. The van der Waals surface area contributed by atoms with E-state index in [-0.39, 0.29) is 12.1 Å². The third kappa shape index (κ3) is 4.85. The van der Waals surface area contributed by atoms with Gasteiger partial charge in [-0.2, -0.15) is 0 Å². The van der Waals surface area contributed by atoms with E-state index in [9.17, 15) is 4.79 Å². The second-order valence-electron chi connectivity index (χ2n) is 5.40. The Balaban J connectivity index is 2.01. The van der Waals surface area contributed by atoms with Gasteiger partial charge in [0.25, 0.3) is 0 Å². The Kier molecular flexibility index (Phi) is 6.38. The number of hydrogen-bond acceptors (Lipinski definition) is 3. The molecule has 0 radical (unpaired) electrons. The standard InChI is InChI=1S/C21H22O3/c1-4-20(24-21(22)19-13-9-6-10-14-19)16(2)15-23-17(3)18-11-7-5-8-12-18/h4-15,17H,1-3H3/b16-15+,20-4+/t17-/m0/s1. The monoisotopic (exact) mass is 322 g/mol. The van der Waals surface area contributed by atoms with Crippen LogP contribution in [-0.2, 0) is 9.47 Å². The summed E-state index contributed by atoms with van der Waals surface area (Å²) in [5.74, 6) is 0.108. The first-order valence-corrected chi connectivity index (χ1v) is 7.93. The molecule has 0 fully saturated rings. The molecule has 24 heavy (non-hydrogen) atoms. The number of benzene rings is 2. The third-order valence-electron chi connectivity index (χ3n) is 3.58. The van der Waals surface area contributed by atoms with Gasteiger partial charge in [0.2, 0.25) is 0 Å². The molecule has 124 valence electrons. The van der Waals surface area contributed by atoms with E-state index in [0.717, 1.165) is 11.1 Å². The maximum absolute atomic E-state index is 12.1. The van der Waals surface area contributed by atoms with E-state index in [1.54, 1.807) is 36.6 Å². The van der Waals surface area contributed by atoms with Crippen molar-refractivity contribution in [2.75, 3.05) is 0 Å². The second-order valence-corrected chi connectivity index (χ2v) is 5.40. The van der Waals surface area contributed by atoms with Crippen LogP contribution in [0.4, 0.5) is 0 Å². The first kappa shape index (κ1) is 17.5. The molecular weight excluding hydrogens is 300 g/mol. The highest BCUT2D eigenvalue weighted by Crippen LogP contribution is 2.20. The van der Waals surface area contributed by atoms with Gasteiger partial charge in [-0.15, -0.1) is 0 Å². The zero-order valence-electron chi connectivity index (χ0n) is 14.2. The molecule has 0 spiro atoms. The molecule has 3 heteroatoms. The number of rotatable bonds is 6. The van der Waals surface area contributed by atoms with Gasteiger partial charge < -0.3 is 9.47 Å². The van der Waals surface area contributed by atoms with Crippen molar-refractivity contribution in [2.45, 2.75) is 26.9 Å². The zero-order valence-corrected chi connectivity index (χ0v) is 14.2. The molecule has 0 aliphatic rings. The van der Waals surface area contributed by atoms with Crippen LogP contribution in [0.15, 0.2) is 84.3 Å². The Hall–Kier alpha value is -2.81. The van der Waals surface area contributed by atoms with Crippen LogP contribution in [0.2, 0.25) is 0 Å². The van der Waals surface area contributed by atoms with Gasteiger partial charge in [0.15, 0.2) is 0 Å². The van der Waals surface area contributed by atoms with Gasteiger partial charge in [0.1, 0.15) is 11.9 Å². The first-order chi connectivity index (χ1) is 11.6. The zero-order chi connectivity index (χ0) is 17.4. The van der Waals surface area contributed by atoms with Crippen LogP contribution in [0.1, 0.15) is 42.8 Å². The molecule has 1 atom stereocenters. The highest BCUT2D eigenvalue weighted by Gasteiger charge is 2.11. The van der Waals surface area contributed by atoms with Crippen LogP contribution in [-0.4, -0.2) is 5.97 Å². The molecule has 0 aliphatic carbocycles. The van der Waals surface area contributed by atoms with Crippen molar-refractivity contribution in [3.63, 3.8) is 0 Å². The Morgan fingerprint density at radius 3 is 2.17 bits per heavy atom. The lowest BCUT2D eigenvalue weighted by atomic mass is 10.1. The molecule has 2 aromatic carbocycles. The molecule has 0 bridgehead atoms. The summed E-state index contributed by atoms with van der Waals surface area (Å²) >= 11 is 0. The molecular formula is C21H22O3. The highest BCUT2D eigenvalue weighted by molar-refractivity contribution is 5.90. The van der Waals surface area contributed by atoms with Crippen molar-refractivity contribution in [3.8, 4) is 0 Å². The maximum Gasteiger partial charge on any atom is 0.343 e. The van der Waals surface area contributed by atoms with Gasteiger partial charge >= 0.3 is 5.97 Å². The summed E-state index contributed by atoms with van der Waals surface area (Å²) in [4.78, 5) is 12.1. The van der Waals surface area contributed by atoms with E-state index >= 15 is 0 Å². The van der Waals surface area contributed by atoms with Crippen molar-refractivity contribution in [1.29, 1.82) is 0 Å². The van der Waals surface area contributed by atoms with Crippen molar-refractivity contribution in [3.05, 3.63) is 95.5 Å². The Morgan fingerprint density at radius 2 is 1.58 bits per heavy atom. The average molecular weight is 322 g/mol. The van der Waals surface area contributed by atoms with Gasteiger partial charge in [-0.3, -0.25) is 0 Å². The van der Waals surface area contributed by atoms with Gasteiger partial charge in [-0.1, -0.05) is 48.5 Å². The van der Waals surface area contributed by atoms with Gasteiger partial charge in [-0.25, -0.2) is 4.79 Å². The number of carbonyl (C=O) groups is 1. The molecule has 0 N–H and O–H groups in total. The van der Waals surface area contributed by atoms with Crippen LogP contribution >= 0.6 is 0 Å². The molecule has 2 rings (SSSR count). The summed E-state index contributed by atoms with van der Waals surface area (Å²) in [7, 11) is 0. The van der Waals surface area contributed by atoms with Crippen LogP contribution in [0.5, 0.6) is 0 Å². The van der Waals surface area contributed by atoms with Gasteiger partial charge in [-0.05, 0) is 44.5 Å². The molecule has 0 saturated carbocycles. The molecule has 3 nitrogen and oxygen atoms in total. The van der Waals surface area contributed by atoms with E-state index in [1.807, 2.05) is 57.2 Å². The molecule has 0 saturated heterocycles. The minimum Gasteiger partial charge on any atom is -0.493 e. The van der Waals surface area contributed by atoms with Crippen LogP contribution in [0.25, 0.3) is 0 Å². The van der Waals surface area contributed by atoms with Crippen LogP contribution in [0.3, 0.4) is 0 Å². The third-order valence-corrected chi connectivity index (χ3v) is 3.58. The lowest BCUT2D eigenvalue weighted by Crippen LogP contribution is -2.06. The summed E-state index contributed by atoms with van der Waals surface area (Å²) in [5, 5.41) is 0. The van der Waals surface area contributed by atoms with E-state index in [4.69, 9.17) is 9.47 Å². The number of ether oxygens (including phenoxy) is 2. The molecule has 0 unspecified atom stereocenters. The summed E-state index contributed by atoms with van der Waals surface area (Å²) < 4.78 is 11.2. The van der Waals surface area contributed by atoms with Crippen LogP contribution in [0, 0.1) is 0 Å². The lowest BCUT2D eigenvalue weighted by Gasteiger charge is -2.14. The Labute approximate surface area is 143 Å². The predicted molar refractivity (Wildman–Crippen MR) is 95.3 cm³/mol. The Morgan fingerprint density at radius 1 is 1.00 bits per heavy atom. The van der Waals surface area contributed by atoms with E-state index in [2.05, 4.69) is 0 Å². The van der Waals surface area contributed by atoms with Gasteiger partial charge in [0.05, 0.1) is 11.8 Å². The van der Waals surface area contributed by atoms with Crippen molar-refractivity contribution >= 4 is 5.97 Å². The summed E-state index contributed by atoms with van der Waals surface area (Å²) in [6, 6.07) is 18.9. The van der Waals surface area contributed by atoms with E-state index < -0.39 is 0 Å².